The summed E-state index contributed by atoms with van der Waals surface area (Å²) in [5.41, 5.74) is 3.92. The highest BCUT2D eigenvalue weighted by molar-refractivity contribution is 5.73. The first-order chi connectivity index (χ1) is 15.1. The van der Waals surface area contributed by atoms with E-state index in [1.165, 1.54) is 0 Å². The van der Waals surface area contributed by atoms with Gasteiger partial charge in [-0.15, -0.1) is 0 Å². The quantitative estimate of drug-likeness (QED) is 0.535. The summed E-state index contributed by atoms with van der Waals surface area (Å²) in [5.74, 6) is 2.04. The lowest BCUT2D eigenvalue weighted by Crippen LogP contribution is -2.26. The Labute approximate surface area is 182 Å². The molecule has 0 saturated heterocycles. The van der Waals surface area contributed by atoms with Gasteiger partial charge in [-0.3, -0.25) is 0 Å². The lowest BCUT2D eigenvalue weighted by Gasteiger charge is -2.16. The van der Waals surface area contributed by atoms with E-state index in [1.54, 1.807) is 21.3 Å². The lowest BCUT2D eigenvalue weighted by molar-refractivity contribution is 0.140. The highest BCUT2D eigenvalue weighted by Crippen LogP contribution is 2.36. The van der Waals surface area contributed by atoms with Gasteiger partial charge in [0, 0.05) is 6.54 Å². The maximum Gasteiger partial charge on any atom is 0.407 e. The molecule has 0 radical (unpaired) electrons. The molecule has 0 atom stereocenters. The molecule has 0 aliphatic heterocycles. The zero-order valence-corrected chi connectivity index (χ0v) is 18.0. The predicted molar refractivity (Wildman–Crippen MR) is 120 cm³/mol. The van der Waals surface area contributed by atoms with E-state index in [1.807, 2.05) is 66.7 Å². The summed E-state index contributed by atoms with van der Waals surface area (Å²) in [6.07, 6.45) is 0.139. The average Bonchev–Trinajstić information content (AvgIpc) is 2.83. The molecule has 0 spiro atoms. The van der Waals surface area contributed by atoms with Crippen LogP contribution in [0, 0.1) is 0 Å². The molecule has 0 aliphatic rings. The first-order valence-electron chi connectivity index (χ1n) is 9.98. The van der Waals surface area contributed by atoms with Gasteiger partial charge >= 0.3 is 6.09 Å². The van der Waals surface area contributed by atoms with Crippen LogP contribution in [0.15, 0.2) is 66.7 Å². The fourth-order valence-corrected chi connectivity index (χ4v) is 3.26. The van der Waals surface area contributed by atoms with Crippen LogP contribution in [0.5, 0.6) is 17.2 Å². The smallest absolute Gasteiger partial charge is 0.407 e. The molecule has 3 rings (SSSR count). The highest BCUT2D eigenvalue weighted by atomic mass is 16.5. The number of ether oxygens (including phenoxy) is 4. The molecule has 1 amide bonds. The van der Waals surface area contributed by atoms with E-state index < -0.39 is 6.09 Å². The Balaban J connectivity index is 1.72. The Hall–Kier alpha value is -3.67. The number of benzene rings is 3. The monoisotopic (exact) mass is 421 g/mol. The predicted octanol–water partition coefficient (Wildman–Crippen LogP) is 4.85. The third kappa shape index (κ3) is 5.92. The molecule has 6 nitrogen and oxygen atoms in total. The number of nitrogens with one attached hydrogen (secondary N) is 1. The van der Waals surface area contributed by atoms with E-state index in [2.05, 4.69) is 5.32 Å². The fourth-order valence-electron chi connectivity index (χ4n) is 3.26. The fraction of sp³-hybridized carbons (Fsp3) is 0.240. The van der Waals surface area contributed by atoms with Crippen molar-refractivity contribution in [2.24, 2.45) is 0 Å². The molecule has 3 aromatic rings. The van der Waals surface area contributed by atoms with E-state index in [-0.39, 0.29) is 6.61 Å². The highest BCUT2D eigenvalue weighted by Gasteiger charge is 2.14. The molecule has 0 saturated carbocycles. The normalized spacial score (nSPS) is 10.3. The van der Waals surface area contributed by atoms with Crippen molar-refractivity contribution in [1.29, 1.82) is 0 Å². The Morgan fingerprint density at radius 3 is 2.29 bits per heavy atom. The summed E-state index contributed by atoms with van der Waals surface area (Å²) in [4.78, 5) is 12.1. The van der Waals surface area contributed by atoms with Gasteiger partial charge in [0.05, 0.1) is 21.3 Å². The second kappa shape index (κ2) is 10.9. The van der Waals surface area contributed by atoms with Crippen molar-refractivity contribution in [2.45, 2.75) is 13.0 Å². The third-order valence-electron chi connectivity index (χ3n) is 4.87. The molecule has 0 bridgehead atoms. The second-order valence-electron chi connectivity index (χ2n) is 6.83. The van der Waals surface area contributed by atoms with Crippen LogP contribution < -0.4 is 19.5 Å². The minimum absolute atomic E-state index is 0.234. The number of amides is 1. The number of carbonyl (C=O) groups excluding carboxylic acids is 1. The SMILES string of the molecule is COc1cccc(-c2cc(OC)c(OC)cc2CCNC(=O)OCc2ccccc2)c1. The Morgan fingerprint density at radius 2 is 1.58 bits per heavy atom. The standard InChI is InChI=1S/C25H27NO5/c1-28-21-11-7-10-19(14-21)22-16-24(30-3)23(29-2)15-20(22)12-13-26-25(27)31-17-18-8-5-4-6-9-18/h4-11,14-16H,12-13,17H2,1-3H3,(H,26,27). The molecule has 0 unspecified atom stereocenters. The summed E-state index contributed by atoms with van der Waals surface area (Å²) >= 11 is 0. The minimum atomic E-state index is -0.452. The summed E-state index contributed by atoms with van der Waals surface area (Å²) in [6.45, 7) is 0.651. The molecular weight excluding hydrogens is 394 g/mol. The maximum atomic E-state index is 12.1. The van der Waals surface area contributed by atoms with Gasteiger partial charge in [0.15, 0.2) is 11.5 Å². The van der Waals surface area contributed by atoms with Crippen LogP contribution in [0.1, 0.15) is 11.1 Å². The van der Waals surface area contributed by atoms with Gasteiger partial charge in [-0.25, -0.2) is 4.79 Å². The van der Waals surface area contributed by atoms with Gasteiger partial charge in [-0.1, -0.05) is 42.5 Å². The van der Waals surface area contributed by atoms with Gasteiger partial charge in [0.2, 0.25) is 0 Å². The molecule has 0 aromatic heterocycles. The average molecular weight is 421 g/mol. The first-order valence-corrected chi connectivity index (χ1v) is 9.98. The van der Waals surface area contributed by atoms with Gasteiger partial charge in [-0.2, -0.15) is 0 Å². The molecular formula is C25H27NO5. The van der Waals surface area contributed by atoms with Gasteiger partial charge in [0.25, 0.3) is 0 Å². The number of carbonyl (C=O) groups is 1. The summed E-state index contributed by atoms with van der Waals surface area (Å²) in [6, 6.07) is 21.3. The topological polar surface area (TPSA) is 66.0 Å². The molecule has 3 aromatic carbocycles. The van der Waals surface area contributed by atoms with Crippen molar-refractivity contribution in [1.82, 2.24) is 5.32 Å². The van der Waals surface area contributed by atoms with Gasteiger partial charge < -0.3 is 24.3 Å². The molecule has 162 valence electrons. The summed E-state index contributed by atoms with van der Waals surface area (Å²) in [5, 5.41) is 2.81. The molecule has 6 heteroatoms. The number of hydrogen-bond donors (Lipinski definition) is 1. The Morgan fingerprint density at radius 1 is 0.839 bits per heavy atom. The minimum Gasteiger partial charge on any atom is -0.497 e. The molecule has 0 aliphatic carbocycles. The lowest BCUT2D eigenvalue weighted by atomic mass is 9.96. The van der Waals surface area contributed by atoms with Crippen molar-refractivity contribution in [3.8, 4) is 28.4 Å². The van der Waals surface area contributed by atoms with E-state index in [0.29, 0.717) is 24.5 Å². The van der Waals surface area contributed by atoms with Crippen LogP contribution in [0.2, 0.25) is 0 Å². The summed E-state index contributed by atoms with van der Waals surface area (Å²) < 4.78 is 21.6. The summed E-state index contributed by atoms with van der Waals surface area (Å²) in [7, 11) is 4.85. The van der Waals surface area contributed by atoms with Crippen LogP contribution in [0.25, 0.3) is 11.1 Å². The van der Waals surface area contributed by atoms with Crippen molar-refractivity contribution in [2.75, 3.05) is 27.9 Å². The van der Waals surface area contributed by atoms with Crippen molar-refractivity contribution < 1.29 is 23.7 Å². The molecule has 1 N–H and O–H groups in total. The Bertz CT molecular complexity index is 1000. The van der Waals surface area contributed by atoms with Crippen LogP contribution >= 0.6 is 0 Å². The Kier molecular flexibility index (Phi) is 7.76. The van der Waals surface area contributed by atoms with Crippen LogP contribution in [-0.2, 0) is 17.8 Å². The number of methoxy groups -OCH3 is 3. The largest absolute Gasteiger partial charge is 0.497 e. The second-order valence-corrected chi connectivity index (χ2v) is 6.83. The van der Waals surface area contributed by atoms with Crippen LogP contribution in [0.3, 0.4) is 0 Å². The molecule has 0 fully saturated rings. The van der Waals surface area contributed by atoms with Crippen molar-refractivity contribution in [3.05, 3.63) is 77.9 Å². The zero-order valence-electron chi connectivity index (χ0n) is 18.0. The maximum absolute atomic E-state index is 12.1. The van der Waals surface area contributed by atoms with Gasteiger partial charge in [0.1, 0.15) is 12.4 Å². The van der Waals surface area contributed by atoms with Crippen molar-refractivity contribution in [3.63, 3.8) is 0 Å². The van der Waals surface area contributed by atoms with Crippen LogP contribution in [-0.4, -0.2) is 34.0 Å². The van der Waals surface area contributed by atoms with E-state index >= 15 is 0 Å². The van der Waals surface area contributed by atoms with Crippen LogP contribution in [0.4, 0.5) is 4.79 Å². The number of rotatable bonds is 9. The number of hydrogen-bond acceptors (Lipinski definition) is 5. The van der Waals surface area contributed by atoms with Crippen molar-refractivity contribution >= 4 is 6.09 Å². The van der Waals surface area contributed by atoms with Gasteiger partial charge in [-0.05, 0) is 52.9 Å². The zero-order chi connectivity index (χ0) is 22.1. The number of alkyl carbamates (subject to hydrolysis) is 1. The third-order valence-corrected chi connectivity index (χ3v) is 4.87. The van der Waals surface area contributed by atoms with E-state index in [4.69, 9.17) is 18.9 Å². The molecule has 0 heterocycles. The van der Waals surface area contributed by atoms with E-state index in [9.17, 15) is 4.79 Å². The van der Waals surface area contributed by atoms with E-state index in [0.717, 1.165) is 28.0 Å². The first kappa shape index (κ1) is 22.0. The molecule has 31 heavy (non-hydrogen) atoms.